The first-order chi connectivity index (χ1) is 22.8. The summed E-state index contributed by atoms with van der Waals surface area (Å²) < 4.78 is 35.1. The smallest absolute Gasteiger partial charge is 0.273 e. The van der Waals surface area contributed by atoms with Gasteiger partial charge in [0.15, 0.2) is 0 Å². The Morgan fingerprint density at radius 1 is 0.958 bits per heavy atom. The number of ether oxygens (including phenoxy) is 1. The van der Waals surface area contributed by atoms with Crippen molar-refractivity contribution in [3.63, 3.8) is 0 Å². The van der Waals surface area contributed by atoms with Crippen LogP contribution in [0.15, 0.2) is 95.9 Å². The number of hydrogen-bond acceptors (Lipinski definition) is 7. The van der Waals surface area contributed by atoms with Gasteiger partial charge in [-0.2, -0.15) is 0 Å². The highest BCUT2D eigenvalue weighted by Gasteiger charge is 2.36. The van der Waals surface area contributed by atoms with Crippen LogP contribution in [0.3, 0.4) is 0 Å². The normalized spacial score (nSPS) is 11.8. The second-order valence-corrected chi connectivity index (χ2v) is 13.4. The van der Waals surface area contributed by atoms with Crippen molar-refractivity contribution in [2.24, 2.45) is 0 Å². The molecule has 0 aliphatic carbocycles. The number of aryl methyl sites for hydroxylation is 2. The number of nitro benzene ring substituents is 1. The fourth-order valence-electron chi connectivity index (χ4n) is 5.30. The molecule has 4 aromatic carbocycles. The van der Waals surface area contributed by atoms with Crippen LogP contribution in [-0.2, 0) is 32.6 Å². The topological polar surface area (TPSA) is 139 Å². The number of nitro groups is 1. The van der Waals surface area contributed by atoms with Crippen molar-refractivity contribution in [3.8, 4) is 5.75 Å². The standard InChI is InChI=1S/C35H37ClN4O7S/c1-5-37-35(42)32(19-26-11-7-6-8-12-26)38(22-27-13-9-10-24(2)18-27)34(41)23-39(31-20-28(36)15-17-33(31)47-4)48(45,46)29-16-14-25(3)30(21-29)40(43)44/h6-18,20-21,32H,5,19,22-23H2,1-4H3,(H,37,42). The van der Waals surface area contributed by atoms with E-state index in [9.17, 15) is 28.1 Å². The Morgan fingerprint density at radius 2 is 1.67 bits per heavy atom. The molecule has 0 fully saturated rings. The number of nitrogens with one attached hydrogen (secondary N) is 1. The molecule has 252 valence electrons. The van der Waals surface area contributed by atoms with Gasteiger partial charge >= 0.3 is 0 Å². The largest absolute Gasteiger partial charge is 0.495 e. The van der Waals surface area contributed by atoms with Gasteiger partial charge in [-0.1, -0.05) is 77.8 Å². The lowest BCUT2D eigenvalue weighted by Gasteiger charge is -2.34. The number of hydrogen-bond donors (Lipinski definition) is 1. The highest BCUT2D eigenvalue weighted by atomic mass is 35.5. The predicted molar refractivity (Wildman–Crippen MR) is 185 cm³/mol. The van der Waals surface area contributed by atoms with Gasteiger partial charge in [0.05, 0.1) is 22.6 Å². The van der Waals surface area contributed by atoms with E-state index in [1.165, 1.54) is 49.3 Å². The van der Waals surface area contributed by atoms with Crippen molar-refractivity contribution in [3.05, 3.63) is 128 Å². The van der Waals surface area contributed by atoms with E-state index in [2.05, 4.69) is 5.32 Å². The highest BCUT2D eigenvalue weighted by Crippen LogP contribution is 2.36. The van der Waals surface area contributed by atoms with E-state index in [1.54, 1.807) is 6.92 Å². The summed E-state index contributed by atoms with van der Waals surface area (Å²) in [5.74, 6) is -1.02. The van der Waals surface area contributed by atoms with Gasteiger partial charge in [-0.3, -0.25) is 24.0 Å². The lowest BCUT2D eigenvalue weighted by Crippen LogP contribution is -2.53. The Labute approximate surface area is 285 Å². The van der Waals surface area contributed by atoms with E-state index in [0.717, 1.165) is 27.1 Å². The Bertz CT molecular complexity index is 1900. The molecule has 1 atom stereocenters. The number of rotatable bonds is 14. The van der Waals surface area contributed by atoms with Gasteiger partial charge in [0, 0.05) is 36.2 Å². The molecule has 11 nitrogen and oxygen atoms in total. The van der Waals surface area contributed by atoms with Crippen molar-refractivity contribution < 1.29 is 27.7 Å². The maximum atomic E-state index is 14.6. The predicted octanol–water partition coefficient (Wildman–Crippen LogP) is 5.85. The fraction of sp³-hybridized carbons (Fsp3) is 0.257. The van der Waals surface area contributed by atoms with Crippen LogP contribution >= 0.6 is 11.6 Å². The summed E-state index contributed by atoms with van der Waals surface area (Å²) in [5.41, 5.74) is 2.26. The van der Waals surface area contributed by atoms with Gasteiger partial charge in [0.25, 0.3) is 15.7 Å². The van der Waals surface area contributed by atoms with Crippen molar-refractivity contribution >= 4 is 44.8 Å². The molecule has 13 heteroatoms. The lowest BCUT2D eigenvalue weighted by atomic mass is 10.0. The Hall–Kier alpha value is -4.94. The van der Waals surface area contributed by atoms with E-state index in [1.807, 2.05) is 61.5 Å². The first-order valence-electron chi connectivity index (χ1n) is 15.1. The van der Waals surface area contributed by atoms with Crippen LogP contribution in [0, 0.1) is 24.0 Å². The van der Waals surface area contributed by atoms with Crippen LogP contribution in [0.1, 0.15) is 29.2 Å². The maximum absolute atomic E-state index is 14.6. The molecule has 4 rings (SSSR count). The summed E-state index contributed by atoms with van der Waals surface area (Å²) in [4.78, 5) is 40.3. The average molecular weight is 693 g/mol. The molecule has 2 amide bonds. The van der Waals surface area contributed by atoms with E-state index < -0.39 is 49.9 Å². The second-order valence-electron chi connectivity index (χ2n) is 11.1. The van der Waals surface area contributed by atoms with Crippen LogP contribution < -0.4 is 14.4 Å². The van der Waals surface area contributed by atoms with Crippen LogP contribution in [0.25, 0.3) is 0 Å². The summed E-state index contributed by atoms with van der Waals surface area (Å²) in [6.45, 7) is 4.69. The first-order valence-corrected chi connectivity index (χ1v) is 17.0. The molecule has 0 heterocycles. The number of carbonyl (C=O) groups excluding carboxylic acids is 2. The van der Waals surface area contributed by atoms with Crippen molar-refractivity contribution in [1.82, 2.24) is 10.2 Å². The summed E-state index contributed by atoms with van der Waals surface area (Å²) in [6.07, 6.45) is 0.154. The van der Waals surface area contributed by atoms with Crippen molar-refractivity contribution in [2.45, 2.75) is 44.7 Å². The first kappa shape index (κ1) is 35.9. The van der Waals surface area contributed by atoms with E-state index in [-0.39, 0.29) is 35.0 Å². The minimum absolute atomic E-state index is 0.00821. The minimum Gasteiger partial charge on any atom is -0.495 e. The van der Waals surface area contributed by atoms with E-state index in [0.29, 0.717) is 6.54 Å². The molecular formula is C35H37ClN4O7S. The Morgan fingerprint density at radius 3 is 2.31 bits per heavy atom. The number of nitrogens with zero attached hydrogens (tertiary/aromatic N) is 3. The van der Waals surface area contributed by atoms with Crippen LogP contribution in [0.2, 0.25) is 5.02 Å². The number of anilines is 1. The van der Waals surface area contributed by atoms with Crippen LogP contribution in [-0.4, -0.2) is 56.3 Å². The SMILES string of the molecule is CCNC(=O)C(Cc1ccccc1)N(Cc1cccc(C)c1)C(=O)CN(c1cc(Cl)ccc1OC)S(=O)(=O)c1ccc(C)c([N+](=O)[O-])c1. The average Bonchev–Trinajstić information content (AvgIpc) is 3.05. The summed E-state index contributed by atoms with van der Waals surface area (Å²) in [7, 11) is -3.32. The zero-order chi connectivity index (χ0) is 35.0. The van der Waals surface area contributed by atoms with Crippen LogP contribution in [0.5, 0.6) is 5.75 Å². The van der Waals surface area contributed by atoms with Gasteiger partial charge in [-0.15, -0.1) is 0 Å². The molecule has 4 aromatic rings. The molecule has 0 saturated carbocycles. The molecule has 0 aromatic heterocycles. The molecule has 0 bridgehead atoms. The maximum Gasteiger partial charge on any atom is 0.273 e. The van der Waals surface area contributed by atoms with Crippen molar-refractivity contribution in [2.75, 3.05) is 24.5 Å². The Balaban J connectivity index is 1.89. The molecule has 0 radical (unpaired) electrons. The molecule has 1 N–H and O–H groups in total. The summed E-state index contributed by atoms with van der Waals surface area (Å²) >= 11 is 6.33. The van der Waals surface area contributed by atoms with Crippen molar-refractivity contribution in [1.29, 1.82) is 0 Å². The molecule has 48 heavy (non-hydrogen) atoms. The molecular weight excluding hydrogens is 656 g/mol. The molecule has 0 aliphatic rings. The number of carbonyl (C=O) groups is 2. The monoisotopic (exact) mass is 692 g/mol. The van der Waals surface area contributed by atoms with Gasteiger partial charge in [0.1, 0.15) is 18.3 Å². The third-order valence-corrected chi connectivity index (χ3v) is 9.70. The summed E-state index contributed by atoms with van der Waals surface area (Å²) in [6, 6.07) is 23.4. The van der Waals surface area contributed by atoms with Gasteiger partial charge < -0.3 is 15.0 Å². The number of benzene rings is 4. The zero-order valence-electron chi connectivity index (χ0n) is 27.1. The highest BCUT2D eigenvalue weighted by molar-refractivity contribution is 7.92. The van der Waals surface area contributed by atoms with Gasteiger partial charge in [0.2, 0.25) is 11.8 Å². The van der Waals surface area contributed by atoms with E-state index in [4.69, 9.17) is 16.3 Å². The molecule has 1 unspecified atom stereocenters. The molecule has 0 spiro atoms. The summed E-state index contributed by atoms with van der Waals surface area (Å²) in [5, 5.41) is 14.7. The Kier molecular flexibility index (Phi) is 11.8. The number of sulfonamides is 1. The second kappa shape index (κ2) is 15.8. The molecule has 0 saturated heterocycles. The third kappa shape index (κ3) is 8.50. The third-order valence-electron chi connectivity index (χ3n) is 7.71. The number of methoxy groups -OCH3 is 1. The van der Waals surface area contributed by atoms with E-state index >= 15 is 0 Å². The number of halogens is 1. The van der Waals surface area contributed by atoms with Gasteiger partial charge in [-0.25, -0.2) is 8.42 Å². The molecule has 0 aliphatic heterocycles. The van der Waals surface area contributed by atoms with Gasteiger partial charge in [-0.05, 0) is 56.2 Å². The minimum atomic E-state index is -4.66. The zero-order valence-corrected chi connectivity index (χ0v) is 28.6. The van der Waals surface area contributed by atoms with Crippen LogP contribution in [0.4, 0.5) is 11.4 Å². The lowest BCUT2D eigenvalue weighted by molar-refractivity contribution is -0.385. The number of likely N-dealkylation sites (N-methyl/N-ethyl adjacent to an activating group) is 1. The quantitative estimate of drug-likeness (QED) is 0.129. The number of amides is 2. The fourth-order valence-corrected chi connectivity index (χ4v) is 6.90.